The molecule has 4 rings (SSSR count). The van der Waals surface area contributed by atoms with E-state index in [0.717, 1.165) is 0 Å². The van der Waals surface area contributed by atoms with Crippen LogP contribution >= 0.6 is 15.9 Å². The van der Waals surface area contributed by atoms with Crippen LogP contribution in [-0.4, -0.2) is 12.6 Å². The van der Waals surface area contributed by atoms with Gasteiger partial charge in [0, 0.05) is 10.5 Å². The molecule has 0 spiro atoms. The first-order valence-corrected chi connectivity index (χ1v) is 10.7. The van der Waals surface area contributed by atoms with E-state index in [1.54, 1.807) is 61.5 Å². The van der Waals surface area contributed by atoms with Gasteiger partial charge >= 0.3 is 5.97 Å². The molecule has 0 N–H and O–H groups in total. The van der Waals surface area contributed by atoms with Crippen LogP contribution < -0.4 is 19.6 Å². The van der Waals surface area contributed by atoms with E-state index in [4.69, 9.17) is 18.6 Å². The molecule has 0 saturated carbocycles. The van der Waals surface area contributed by atoms with Gasteiger partial charge in [0.05, 0.1) is 17.6 Å². The molecule has 0 atom stereocenters. The smallest absolute Gasteiger partial charge is 0.344 e. The molecule has 1 heterocycles. The number of benzene rings is 3. The van der Waals surface area contributed by atoms with Crippen LogP contribution in [0.1, 0.15) is 23.0 Å². The summed E-state index contributed by atoms with van der Waals surface area (Å²) in [5, 5.41) is 0.306. The van der Waals surface area contributed by atoms with E-state index < -0.39 is 5.97 Å². The zero-order valence-corrected chi connectivity index (χ0v) is 19.0. The van der Waals surface area contributed by atoms with Crippen LogP contribution in [0.15, 0.2) is 80.4 Å². The van der Waals surface area contributed by atoms with Crippen LogP contribution in [0.25, 0.3) is 11.0 Å². The van der Waals surface area contributed by atoms with Crippen LogP contribution in [0.2, 0.25) is 0 Å². The van der Waals surface area contributed by atoms with Gasteiger partial charge in [-0.1, -0.05) is 24.3 Å². The van der Waals surface area contributed by atoms with Crippen molar-refractivity contribution < 1.29 is 23.4 Å². The summed E-state index contributed by atoms with van der Waals surface area (Å²) in [5.74, 6) is 1.05. The van der Waals surface area contributed by atoms with E-state index in [-0.39, 0.29) is 22.5 Å². The topological polar surface area (TPSA) is 75.0 Å². The Balaban J connectivity index is 1.66. The number of hydrogen-bond donors (Lipinski definition) is 0. The van der Waals surface area contributed by atoms with E-state index in [1.165, 1.54) is 6.07 Å². The van der Waals surface area contributed by atoms with Crippen molar-refractivity contribution >= 4 is 32.9 Å². The SMILES string of the molecule is CCOc1ccccc1Oc1c(C)oc2cc(OC(=O)c3ccccc3Br)ccc2c1=O. The molecule has 7 heteroatoms. The first kappa shape index (κ1) is 21.6. The first-order valence-electron chi connectivity index (χ1n) is 9.91. The van der Waals surface area contributed by atoms with E-state index in [9.17, 15) is 9.59 Å². The Bertz CT molecular complexity index is 1360. The van der Waals surface area contributed by atoms with E-state index in [2.05, 4.69) is 15.9 Å². The van der Waals surface area contributed by atoms with Crippen LogP contribution in [0.3, 0.4) is 0 Å². The van der Waals surface area contributed by atoms with Crippen molar-refractivity contribution in [1.82, 2.24) is 0 Å². The number of rotatable bonds is 6. The molecular weight excluding hydrogens is 476 g/mol. The third kappa shape index (κ3) is 4.38. The minimum absolute atomic E-state index is 0.0719. The Morgan fingerprint density at radius 3 is 2.47 bits per heavy atom. The standard InChI is InChI=1S/C25H19BrO6/c1-3-29-20-10-6-7-11-21(20)32-24-15(2)30-22-14-16(12-13-18(22)23(24)27)31-25(28)17-8-4-5-9-19(17)26/h4-14H,3H2,1-2H3. The van der Waals surface area contributed by atoms with Crippen molar-refractivity contribution in [1.29, 1.82) is 0 Å². The number of carbonyl (C=O) groups excluding carboxylic acids is 1. The van der Waals surface area contributed by atoms with Gasteiger partial charge in [0.2, 0.25) is 11.2 Å². The lowest BCUT2D eigenvalue weighted by Crippen LogP contribution is -2.10. The average Bonchev–Trinajstić information content (AvgIpc) is 2.78. The monoisotopic (exact) mass is 494 g/mol. The minimum Gasteiger partial charge on any atom is -0.490 e. The van der Waals surface area contributed by atoms with Crippen LogP contribution in [0.4, 0.5) is 0 Å². The predicted octanol–water partition coefficient (Wildman–Crippen LogP) is 6.27. The molecule has 0 aliphatic heterocycles. The number of halogens is 1. The predicted molar refractivity (Wildman–Crippen MR) is 124 cm³/mol. The molecule has 0 fully saturated rings. The van der Waals surface area contributed by atoms with Gasteiger partial charge in [-0.15, -0.1) is 0 Å². The number of esters is 1. The van der Waals surface area contributed by atoms with Crippen molar-refractivity contribution in [3.05, 3.63) is 92.7 Å². The molecule has 162 valence electrons. The Morgan fingerprint density at radius 1 is 1.00 bits per heavy atom. The minimum atomic E-state index is -0.525. The molecule has 32 heavy (non-hydrogen) atoms. The summed E-state index contributed by atoms with van der Waals surface area (Å²) < 4.78 is 23.4. The molecular formula is C25H19BrO6. The summed E-state index contributed by atoms with van der Waals surface area (Å²) in [5.41, 5.74) is 0.344. The summed E-state index contributed by atoms with van der Waals surface area (Å²) in [4.78, 5) is 25.6. The van der Waals surface area contributed by atoms with E-state index >= 15 is 0 Å². The van der Waals surface area contributed by atoms with Gasteiger partial charge in [-0.05, 0) is 66.2 Å². The lowest BCUT2D eigenvalue weighted by atomic mass is 10.2. The highest BCUT2D eigenvalue weighted by Gasteiger charge is 2.18. The molecule has 0 unspecified atom stereocenters. The van der Waals surface area contributed by atoms with E-state index in [0.29, 0.717) is 39.3 Å². The second kappa shape index (κ2) is 9.28. The molecule has 0 amide bonds. The van der Waals surface area contributed by atoms with E-state index in [1.807, 2.05) is 13.0 Å². The summed E-state index contributed by atoms with van der Waals surface area (Å²) in [6.45, 7) is 3.97. The molecule has 0 radical (unpaired) electrons. The van der Waals surface area contributed by atoms with Gasteiger partial charge in [-0.2, -0.15) is 0 Å². The van der Waals surface area contributed by atoms with Crippen LogP contribution in [-0.2, 0) is 0 Å². The van der Waals surface area contributed by atoms with Crippen molar-refractivity contribution in [2.24, 2.45) is 0 Å². The number of para-hydroxylation sites is 2. The Labute approximate surface area is 192 Å². The quantitative estimate of drug-likeness (QED) is 0.232. The highest BCUT2D eigenvalue weighted by Crippen LogP contribution is 2.33. The fourth-order valence-corrected chi connectivity index (χ4v) is 3.60. The Kier molecular flexibility index (Phi) is 6.28. The fourth-order valence-electron chi connectivity index (χ4n) is 3.16. The molecule has 6 nitrogen and oxygen atoms in total. The maximum Gasteiger partial charge on any atom is 0.344 e. The molecule has 0 saturated heterocycles. The number of carbonyl (C=O) groups is 1. The number of ether oxygens (including phenoxy) is 3. The van der Waals surface area contributed by atoms with Crippen molar-refractivity contribution in [3.63, 3.8) is 0 Å². The number of aryl methyl sites for hydroxylation is 1. The Morgan fingerprint density at radius 2 is 1.72 bits per heavy atom. The second-order valence-electron chi connectivity index (χ2n) is 6.83. The van der Waals surface area contributed by atoms with Crippen molar-refractivity contribution in [2.75, 3.05) is 6.61 Å². The van der Waals surface area contributed by atoms with Gasteiger partial charge in [0.25, 0.3) is 0 Å². The number of fused-ring (bicyclic) bond motifs is 1. The van der Waals surface area contributed by atoms with Crippen LogP contribution in [0, 0.1) is 6.92 Å². The molecule has 0 aliphatic rings. The normalized spacial score (nSPS) is 10.7. The second-order valence-corrected chi connectivity index (χ2v) is 7.68. The zero-order chi connectivity index (χ0) is 22.7. The average molecular weight is 495 g/mol. The third-order valence-electron chi connectivity index (χ3n) is 4.65. The van der Waals surface area contributed by atoms with Crippen LogP contribution in [0.5, 0.6) is 23.0 Å². The lowest BCUT2D eigenvalue weighted by Gasteiger charge is -2.13. The number of hydrogen-bond acceptors (Lipinski definition) is 6. The maximum absolute atomic E-state index is 13.1. The molecule has 4 aromatic rings. The highest BCUT2D eigenvalue weighted by molar-refractivity contribution is 9.10. The summed E-state index contributed by atoms with van der Waals surface area (Å²) >= 11 is 3.34. The third-order valence-corrected chi connectivity index (χ3v) is 5.34. The van der Waals surface area contributed by atoms with Gasteiger partial charge in [0.1, 0.15) is 17.1 Å². The van der Waals surface area contributed by atoms with Crippen molar-refractivity contribution in [2.45, 2.75) is 13.8 Å². The molecule has 3 aromatic carbocycles. The fraction of sp³-hybridized carbons (Fsp3) is 0.120. The highest BCUT2D eigenvalue weighted by atomic mass is 79.9. The largest absolute Gasteiger partial charge is 0.490 e. The van der Waals surface area contributed by atoms with Gasteiger partial charge in [0.15, 0.2) is 11.5 Å². The summed E-state index contributed by atoms with van der Waals surface area (Å²) in [6, 6.07) is 18.7. The maximum atomic E-state index is 13.1. The van der Waals surface area contributed by atoms with Gasteiger partial charge in [-0.25, -0.2) is 4.79 Å². The van der Waals surface area contributed by atoms with Gasteiger partial charge in [-0.3, -0.25) is 4.79 Å². The lowest BCUT2D eigenvalue weighted by molar-refractivity contribution is 0.0734. The Hall–Kier alpha value is -3.58. The summed E-state index contributed by atoms with van der Waals surface area (Å²) in [7, 11) is 0. The zero-order valence-electron chi connectivity index (χ0n) is 17.4. The molecule has 1 aromatic heterocycles. The first-order chi connectivity index (χ1) is 15.5. The summed E-state index contributed by atoms with van der Waals surface area (Å²) in [6.07, 6.45) is 0. The molecule has 0 bridgehead atoms. The van der Waals surface area contributed by atoms with Gasteiger partial charge < -0.3 is 18.6 Å². The molecule has 0 aliphatic carbocycles. The van der Waals surface area contributed by atoms with Crippen molar-refractivity contribution in [3.8, 4) is 23.0 Å².